The van der Waals surface area contributed by atoms with E-state index < -0.39 is 17.7 Å². The molecule has 0 aliphatic carbocycles. The third-order valence-electron chi connectivity index (χ3n) is 5.67. The third-order valence-corrected chi connectivity index (χ3v) is 5.67. The van der Waals surface area contributed by atoms with Gasteiger partial charge in [0.05, 0.1) is 11.6 Å². The fraction of sp³-hybridized carbons (Fsp3) is 0.192. The lowest BCUT2D eigenvalue weighted by molar-refractivity contribution is -0.139. The Morgan fingerprint density at radius 2 is 1.81 bits per heavy atom. The van der Waals surface area contributed by atoms with Gasteiger partial charge < -0.3 is 10.0 Å². The van der Waals surface area contributed by atoms with E-state index in [0.717, 1.165) is 16.7 Å². The zero-order chi connectivity index (χ0) is 22.0. The number of benzene rings is 2. The largest absolute Gasteiger partial charge is 0.507 e. The van der Waals surface area contributed by atoms with Crippen LogP contribution in [0.2, 0.25) is 0 Å². The summed E-state index contributed by atoms with van der Waals surface area (Å²) in [5, 5.41) is 11.2. The predicted octanol–water partition coefficient (Wildman–Crippen LogP) is 4.36. The number of Topliss-reactive ketones (excluding diaryl/α,β-unsaturated/α-hetero) is 1. The number of hydrogen-bond acceptors (Lipinski definition) is 4. The summed E-state index contributed by atoms with van der Waals surface area (Å²) in [6.07, 6.45) is 3.89. The lowest BCUT2D eigenvalue weighted by Crippen LogP contribution is -2.31. The normalized spacial score (nSPS) is 17.9. The van der Waals surface area contributed by atoms with Gasteiger partial charge in [-0.15, -0.1) is 0 Å². The number of aliphatic hydroxyl groups is 1. The zero-order valence-corrected chi connectivity index (χ0v) is 17.6. The molecule has 2 aromatic carbocycles. The van der Waals surface area contributed by atoms with Crippen LogP contribution in [-0.2, 0) is 16.0 Å². The molecule has 2 heterocycles. The molecule has 1 aromatic heterocycles. The van der Waals surface area contributed by atoms with Gasteiger partial charge in [-0.25, -0.2) is 0 Å². The molecule has 31 heavy (non-hydrogen) atoms. The number of carbonyl (C=O) groups excluding carboxylic acids is 2. The molecule has 156 valence electrons. The first-order chi connectivity index (χ1) is 15.0. The Morgan fingerprint density at radius 3 is 2.52 bits per heavy atom. The Hall–Kier alpha value is -3.73. The standard InChI is InChI=1S/C26H24N2O3/c1-17-10-11-18(2)21(15-17)24(29)22-23(20-9-6-13-27-16-20)28(26(31)25(22)30)14-12-19-7-4-3-5-8-19/h3-11,13,15-16,23,29H,12,14H2,1-2H3/b24-22+. The Bertz CT molecular complexity index is 1150. The van der Waals surface area contributed by atoms with Crippen LogP contribution in [0.4, 0.5) is 0 Å². The summed E-state index contributed by atoms with van der Waals surface area (Å²) in [5.74, 6) is -1.41. The molecule has 5 nitrogen and oxygen atoms in total. The first kappa shape index (κ1) is 20.5. The van der Waals surface area contributed by atoms with Crippen LogP contribution in [0.5, 0.6) is 0 Å². The lowest BCUT2D eigenvalue weighted by Gasteiger charge is -2.25. The first-order valence-electron chi connectivity index (χ1n) is 10.3. The molecular weight excluding hydrogens is 388 g/mol. The Balaban J connectivity index is 1.81. The summed E-state index contributed by atoms with van der Waals surface area (Å²) in [4.78, 5) is 31.8. The fourth-order valence-corrected chi connectivity index (χ4v) is 4.03. The van der Waals surface area contributed by atoms with Crippen molar-refractivity contribution in [2.45, 2.75) is 26.3 Å². The van der Waals surface area contributed by atoms with Crippen molar-refractivity contribution in [2.24, 2.45) is 0 Å². The molecule has 5 heteroatoms. The van der Waals surface area contributed by atoms with Gasteiger partial charge in [0.1, 0.15) is 5.76 Å². The second-order valence-corrected chi connectivity index (χ2v) is 7.83. The van der Waals surface area contributed by atoms with Crippen LogP contribution in [0.3, 0.4) is 0 Å². The molecule has 1 fully saturated rings. The number of aliphatic hydroxyl groups excluding tert-OH is 1. The molecule has 0 spiro atoms. The fourth-order valence-electron chi connectivity index (χ4n) is 4.03. The quantitative estimate of drug-likeness (QED) is 0.384. The van der Waals surface area contributed by atoms with Gasteiger partial charge >= 0.3 is 0 Å². The number of ketones is 1. The zero-order valence-electron chi connectivity index (χ0n) is 17.6. The van der Waals surface area contributed by atoms with Gasteiger partial charge in [0.25, 0.3) is 11.7 Å². The van der Waals surface area contributed by atoms with Crippen molar-refractivity contribution in [3.05, 3.63) is 106 Å². The van der Waals surface area contributed by atoms with Crippen LogP contribution in [0.15, 0.2) is 78.6 Å². The minimum absolute atomic E-state index is 0.111. The van der Waals surface area contributed by atoms with E-state index in [0.29, 0.717) is 24.1 Å². The van der Waals surface area contributed by atoms with Crippen molar-refractivity contribution in [3.63, 3.8) is 0 Å². The van der Waals surface area contributed by atoms with E-state index in [1.807, 2.05) is 68.4 Å². The maximum atomic E-state index is 13.1. The van der Waals surface area contributed by atoms with Crippen molar-refractivity contribution >= 4 is 17.4 Å². The maximum Gasteiger partial charge on any atom is 0.295 e. The van der Waals surface area contributed by atoms with Crippen LogP contribution < -0.4 is 0 Å². The number of carbonyl (C=O) groups is 2. The van der Waals surface area contributed by atoms with Crippen LogP contribution in [-0.4, -0.2) is 33.2 Å². The Morgan fingerprint density at radius 1 is 1.03 bits per heavy atom. The Labute approximate surface area is 181 Å². The van der Waals surface area contributed by atoms with Gasteiger partial charge in [-0.2, -0.15) is 0 Å². The van der Waals surface area contributed by atoms with E-state index in [1.165, 1.54) is 0 Å². The summed E-state index contributed by atoms with van der Waals surface area (Å²) in [5.41, 5.74) is 4.24. The second-order valence-electron chi connectivity index (χ2n) is 7.83. The molecule has 1 amide bonds. The molecule has 1 atom stereocenters. The molecule has 3 aromatic rings. The first-order valence-corrected chi connectivity index (χ1v) is 10.3. The molecule has 1 aliphatic heterocycles. The third kappa shape index (κ3) is 3.99. The lowest BCUT2D eigenvalue weighted by atomic mass is 9.94. The highest BCUT2D eigenvalue weighted by molar-refractivity contribution is 6.46. The molecule has 4 rings (SSSR count). The van der Waals surface area contributed by atoms with E-state index >= 15 is 0 Å². The van der Waals surface area contributed by atoms with E-state index in [1.54, 1.807) is 23.4 Å². The van der Waals surface area contributed by atoms with E-state index in [-0.39, 0.29) is 11.3 Å². The molecule has 1 N–H and O–H groups in total. The summed E-state index contributed by atoms with van der Waals surface area (Å²) in [6.45, 7) is 4.16. The molecule has 1 saturated heterocycles. The van der Waals surface area contributed by atoms with Gasteiger partial charge in [0.2, 0.25) is 0 Å². The highest BCUT2D eigenvalue weighted by Gasteiger charge is 2.46. The molecule has 1 unspecified atom stereocenters. The van der Waals surface area contributed by atoms with Crippen LogP contribution in [0.1, 0.15) is 33.9 Å². The number of amides is 1. The molecule has 0 radical (unpaired) electrons. The van der Waals surface area contributed by atoms with Gasteiger partial charge in [0.15, 0.2) is 0 Å². The van der Waals surface area contributed by atoms with Gasteiger partial charge in [-0.05, 0) is 49.1 Å². The van der Waals surface area contributed by atoms with Crippen LogP contribution in [0.25, 0.3) is 5.76 Å². The van der Waals surface area contributed by atoms with E-state index in [4.69, 9.17) is 0 Å². The number of aryl methyl sites for hydroxylation is 2. The summed E-state index contributed by atoms with van der Waals surface area (Å²) in [6, 6.07) is 18.4. The number of hydrogen-bond donors (Lipinski definition) is 1. The summed E-state index contributed by atoms with van der Waals surface area (Å²) in [7, 11) is 0. The van der Waals surface area contributed by atoms with Crippen LogP contribution >= 0.6 is 0 Å². The molecule has 0 saturated carbocycles. The van der Waals surface area contributed by atoms with Crippen molar-refractivity contribution < 1.29 is 14.7 Å². The maximum absolute atomic E-state index is 13.1. The predicted molar refractivity (Wildman–Crippen MR) is 119 cm³/mol. The molecular formula is C26H24N2O3. The van der Waals surface area contributed by atoms with Gasteiger partial charge in [-0.1, -0.05) is 54.1 Å². The van der Waals surface area contributed by atoms with Gasteiger partial charge in [0, 0.05) is 24.5 Å². The average molecular weight is 412 g/mol. The summed E-state index contributed by atoms with van der Waals surface area (Å²) >= 11 is 0. The van der Waals surface area contributed by atoms with Crippen molar-refractivity contribution in [1.82, 2.24) is 9.88 Å². The average Bonchev–Trinajstić information content (AvgIpc) is 3.05. The molecule has 1 aliphatic rings. The number of likely N-dealkylation sites (tertiary alicyclic amines) is 1. The minimum Gasteiger partial charge on any atom is -0.507 e. The number of aromatic nitrogens is 1. The Kier molecular flexibility index (Phi) is 5.67. The highest BCUT2D eigenvalue weighted by atomic mass is 16.3. The minimum atomic E-state index is -0.683. The van der Waals surface area contributed by atoms with Gasteiger partial charge in [-0.3, -0.25) is 14.6 Å². The van der Waals surface area contributed by atoms with E-state index in [9.17, 15) is 14.7 Å². The smallest absolute Gasteiger partial charge is 0.295 e. The van der Waals surface area contributed by atoms with Crippen molar-refractivity contribution in [1.29, 1.82) is 0 Å². The van der Waals surface area contributed by atoms with Crippen LogP contribution in [0, 0.1) is 13.8 Å². The number of rotatable bonds is 5. The highest BCUT2D eigenvalue weighted by Crippen LogP contribution is 2.39. The molecule has 0 bridgehead atoms. The number of nitrogens with zero attached hydrogens (tertiary/aromatic N) is 2. The summed E-state index contributed by atoms with van der Waals surface area (Å²) < 4.78 is 0. The monoisotopic (exact) mass is 412 g/mol. The van der Waals surface area contributed by atoms with Crippen molar-refractivity contribution in [3.8, 4) is 0 Å². The number of pyridine rings is 1. The van der Waals surface area contributed by atoms with E-state index in [2.05, 4.69) is 4.98 Å². The second kappa shape index (κ2) is 8.56. The van der Waals surface area contributed by atoms with Crippen molar-refractivity contribution in [2.75, 3.05) is 6.54 Å². The topological polar surface area (TPSA) is 70.5 Å². The SMILES string of the molecule is Cc1ccc(C)c(/C(O)=C2\C(=O)C(=O)N(CCc3ccccc3)C2c2cccnc2)c1.